The van der Waals surface area contributed by atoms with Crippen molar-refractivity contribution in [2.24, 2.45) is 0 Å². The predicted molar refractivity (Wildman–Crippen MR) is 131 cm³/mol. The molecule has 2 aliphatic heterocycles. The summed E-state index contributed by atoms with van der Waals surface area (Å²) in [6.07, 6.45) is 1.40. The highest BCUT2D eigenvalue weighted by molar-refractivity contribution is 6.77. The van der Waals surface area contributed by atoms with Crippen molar-refractivity contribution in [2.75, 3.05) is 36.5 Å². The number of anilines is 2. The number of carbonyl (C=O) groups excluding carboxylic acids is 1. The number of nitrogens with one attached hydrogen (secondary N) is 2. The number of ether oxygens (including phenoxy) is 1. The number of morpholine rings is 1. The van der Waals surface area contributed by atoms with Gasteiger partial charge in [-0.15, -0.1) is 0 Å². The van der Waals surface area contributed by atoms with E-state index >= 15 is 0 Å². The van der Waals surface area contributed by atoms with E-state index in [9.17, 15) is 14.9 Å². The minimum absolute atomic E-state index is 0.0161. The Morgan fingerprint density at radius 1 is 1.30 bits per heavy atom. The Bertz CT molecular complexity index is 1040. The predicted octanol–water partition coefficient (Wildman–Crippen LogP) is 3.82. The van der Waals surface area contributed by atoms with Gasteiger partial charge in [0.15, 0.2) is 0 Å². The van der Waals surface area contributed by atoms with Gasteiger partial charge in [0, 0.05) is 49.6 Å². The van der Waals surface area contributed by atoms with E-state index in [-0.39, 0.29) is 23.7 Å². The minimum Gasteiger partial charge on any atom is -0.371 e. The van der Waals surface area contributed by atoms with E-state index in [4.69, 9.17) is 4.74 Å². The number of nitrogens with zero attached hydrogens (tertiary/aromatic N) is 3. The number of amides is 1. The molecule has 0 radical (unpaired) electrons. The summed E-state index contributed by atoms with van der Waals surface area (Å²) in [6.45, 7) is 9.72. The van der Waals surface area contributed by atoms with Crippen molar-refractivity contribution in [3.05, 3.63) is 57.8 Å². The molecule has 2 fully saturated rings. The highest BCUT2D eigenvalue weighted by Gasteiger charge is 2.31. The summed E-state index contributed by atoms with van der Waals surface area (Å²) in [5.41, 5.74) is 1.80. The first-order valence-corrected chi connectivity index (χ1v) is 14.8. The maximum Gasteiger partial charge on any atom is 0.271 e. The van der Waals surface area contributed by atoms with Gasteiger partial charge in [-0.05, 0) is 31.1 Å². The fourth-order valence-corrected chi connectivity index (χ4v) is 6.45. The number of pyridine rings is 1. The van der Waals surface area contributed by atoms with E-state index in [0.717, 1.165) is 37.3 Å². The van der Waals surface area contributed by atoms with Gasteiger partial charge in [-0.25, -0.2) is 4.98 Å². The summed E-state index contributed by atoms with van der Waals surface area (Å²) < 4.78 is 5.95. The van der Waals surface area contributed by atoms with Crippen molar-refractivity contribution in [3.63, 3.8) is 0 Å². The van der Waals surface area contributed by atoms with Gasteiger partial charge in [0.25, 0.3) is 11.6 Å². The molecule has 3 heterocycles. The van der Waals surface area contributed by atoms with Crippen LogP contribution in [0.5, 0.6) is 0 Å². The number of hydrogen-bond donors (Lipinski definition) is 2. The molecule has 176 valence electrons. The number of rotatable bonds is 5. The van der Waals surface area contributed by atoms with E-state index in [1.807, 2.05) is 19.1 Å². The van der Waals surface area contributed by atoms with Crippen LogP contribution in [-0.2, 0) is 4.74 Å². The van der Waals surface area contributed by atoms with Crippen LogP contribution in [0.3, 0.4) is 0 Å². The van der Waals surface area contributed by atoms with Gasteiger partial charge in [0.05, 0.1) is 30.9 Å². The largest absolute Gasteiger partial charge is 0.371 e. The molecule has 2 atom stereocenters. The van der Waals surface area contributed by atoms with Crippen LogP contribution >= 0.6 is 0 Å². The van der Waals surface area contributed by atoms with Crippen LogP contribution in [0.15, 0.2) is 36.5 Å². The average Bonchev–Trinajstić information content (AvgIpc) is 2.79. The smallest absolute Gasteiger partial charge is 0.271 e. The third-order valence-corrected chi connectivity index (χ3v) is 9.75. The molecule has 2 saturated heterocycles. The Labute approximate surface area is 194 Å². The van der Waals surface area contributed by atoms with Crippen molar-refractivity contribution in [3.8, 4) is 0 Å². The van der Waals surface area contributed by atoms with Gasteiger partial charge in [-0.1, -0.05) is 19.2 Å². The number of benzene rings is 1. The maximum absolute atomic E-state index is 13.4. The lowest BCUT2D eigenvalue weighted by atomic mass is 10.0. The van der Waals surface area contributed by atoms with Crippen LogP contribution < -0.4 is 15.5 Å². The van der Waals surface area contributed by atoms with Gasteiger partial charge in [0.2, 0.25) is 0 Å². The van der Waals surface area contributed by atoms with E-state index in [1.54, 1.807) is 12.3 Å². The quantitative estimate of drug-likeness (QED) is 0.389. The summed E-state index contributed by atoms with van der Waals surface area (Å²) in [6, 6.07) is 10.4. The molecule has 2 aromatic rings. The lowest BCUT2D eigenvalue weighted by Crippen LogP contribution is -2.43. The third-order valence-electron chi connectivity index (χ3n) is 6.59. The topological polar surface area (TPSA) is 110 Å². The number of aromatic nitrogens is 1. The zero-order chi connectivity index (χ0) is 23.6. The molecule has 9 nitrogen and oxygen atoms in total. The van der Waals surface area contributed by atoms with Crippen LogP contribution in [-0.4, -0.2) is 56.2 Å². The van der Waals surface area contributed by atoms with Crippen molar-refractivity contribution in [1.82, 2.24) is 10.3 Å². The third kappa shape index (κ3) is 5.23. The Hall–Kier alpha value is -2.82. The normalized spacial score (nSPS) is 22.6. The van der Waals surface area contributed by atoms with Crippen molar-refractivity contribution in [2.45, 2.75) is 44.3 Å². The number of non-ortho nitro benzene ring substituents is 1. The van der Waals surface area contributed by atoms with Gasteiger partial charge in [0.1, 0.15) is 11.9 Å². The molecule has 2 unspecified atom stereocenters. The summed E-state index contributed by atoms with van der Waals surface area (Å²) in [5, 5.41) is 17.8. The van der Waals surface area contributed by atoms with Crippen LogP contribution in [0.2, 0.25) is 25.2 Å². The molecule has 33 heavy (non-hydrogen) atoms. The Kier molecular flexibility index (Phi) is 6.77. The second-order valence-electron chi connectivity index (χ2n) is 9.54. The lowest BCUT2D eigenvalue weighted by Gasteiger charge is -2.37. The van der Waals surface area contributed by atoms with Crippen LogP contribution in [0.4, 0.5) is 17.2 Å². The van der Waals surface area contributed by atoms with Gasteiger partial charge < -0.3 is 20.3 Å². The van der Waals surface area contributed by atoms with Crippen LogP contribution in [0.1, 0.15) is 28.9 Å². The molecule has 0 bridgehead atoms. The van der Waals surface area contributed by atoms with Gasteiger partial charge in [-0.3, -0.25) is 14.9 Å². The molecular formula is C23H31N5O4Si. The van der Waals surface area contributed by atoms with Gasteiger partial charge in [-0.2, -0.15) is 0 Å². The number of carbonyl (C=O) groups is 1. The second-order valence-corrected chi connectivity index (χ2v) is 14.9. The molecule has 1 aromatic heterocycles. The Morgan fingerprint density at radius 3 is 2.76 bits per heavy atom. The zero-order valence-corrected chi connectivity index (χ0v) is 20.3. The molecule has 2 aliphatic rings. The zero-order valence-electron chi connectivity index (χ0n) is 19.3. The summed E-state index contributed by atoms with van der Waals surface area (Å²) >= 11 is 0. The first-order valence-electron chi connectivity index (χ1n) is 11.4. The molecule has 10 heteroatoms. The SMILES string of the molecule is CC1NCCOC1c1cccnc1NC(=O)c1ccc([N+](=O)[O-])cc1N1CC[Si](C)(C)CC1. The van der Waals surface area contributed by atoms with E-state index in [1.165, 1.54) is 12.1 Å². The molecule has 0 saturated carbocycles. The lowest BCUT2D eigenvalue weighted by molar-refractivity contribution is -0.384. The molecule has 1 aromatic carbocycles. The highest BCUT2D eigenvalue weighted by atomic mass is 28.3. The summed E-state index contributed by atoms with van der Waals surface area (Å²) in [7, 11) is -1.25. The van der Waals surface area contributed by atoms with Crippen molar-refractivity contribution >= 4 is 31.2 Å². The van der Waals surface area contributed by atoms with E-state index in [2.05, 4.69) is 33.6 Å². The Morgan fingerprint density at radius 2 is 2.06 bits per heavy atom. The highest BCUT2D eigenvalue weighted by Crippen LogP contribution is 2.33. The first-order chi connectivity index (χ1) is 15.7. The summed E-state index contributed by atoms with van der Waals surface area (Å²) in [4.78, 5) is 30.9. The van der Waals surface area contributed by atoms with E-state index in [0.29, 0.717) is 23.7 Å². The maximum atomic E-state index is 13.4. The molecular weight excluding hydrogens is 438 g/mol. The molecule has 2 N–H and O–H groups in total. The first kappa shape index (κ1) is 23.3. The number of hydrogen-bond acceptors (Lipinski definition) is 7. The fourth-order valence-electron chi connectivity index (χ4n) is 4.45. The molecule has 1 amide bonds. The van der Waals surface area contributed by atoms with Crippen molar-refractivity contribution < 1.29 is 14.5 Å². The molecule has 4 rings (SSSR count). The number of nitro benzene ring substituents is 1. The van der Waals surface area contributed by atoms with Crippen LogP contribution in [0.25, 0.3) is 0 Å². The van der Waals surface area contributed by atoms with E-state index < -0.39 is 13.0 Å². The van der Waals surface area contributed by atoms with Gasteiger partial charge >= 0.3 is 0 Å². The summed E-state index contributed by atoms with van der Waals surface area (Å²) in [5.74, 6) is 0.109. The second kappa shape index (κ2) is 9.58. The Balaban J connectivity index is 1.63. The van der Waals surface area contributed by atoms with Crippen LogP contribution in [0, 0.1) is 10.1 Å². The number of nitro groups is 1. The van der Waals surface area contributed by atoms with Crippen molar-refractivity contribution in [1.29, 1.82) is 0 Å². The standard InChI is InChI=1S/C23H31N5O4Si/c1-16-21(32-12-9-24-16)19-5-4-8-25-22(19)26-23(29)18-7-6-17(28(30)31)15-20(18)27-10-13-33(2,3)14-11-27/h4-8,15-16,21,24H,9-14H2,1-3H3,(H,25,26,29). The fraction of sp³-hybridized carbons (Fsp3) is 0.478. The monoisotopic (exact) mass is 469 g/mol. The molecule has 0 spiro atoms. The minimum atomic E-state index is -1.25. The average molecular weight is 470 g/mol. The molecule has 0 aliphatic carbocycles.